The highest BCUT2D eigenvalue weighted by atomic mass is 16.4. The molecule has 1 heterocycles. The predicted molar refractivity (Wildman–Crippen MR) is 87.2 cm³/mol. The van der Waals surface area contributed by atoms with E-state index in [1.165, 1.54) is 16.6 Å². The molecular formula is C18H18N2O2. The van der Waals surface area contributed by atoms with Gasteiger partial charge in [-0.3, -0.25) is 4.57 Å². The van der Waals surface area contributed by atoms with Crippen LogP contribution >= 0.6 is 0 Å². The number of aromatic nitrogens is 1. The minimum absolute atomic E-state index is 0.321. The number of hydrogen-bond donors (Lipinski definition) is 1. The molecule has 4 nitrogen and oxygen atoms in total. The van der Waals surface area contributed by atoms with Gasteiger partial charge in [-0.05, 0) is 36.0 Å². The zero-order chi connectivity index (χ0) is 15.1. The largest absolute Gasteiger partial charge is 0.419 e. The first-order valence-electron chi connectivity index (χ1n) is 7.61. The summed E-state index contributed by atoms with van der Waals surface area (Å²) in [6, 6.07) is 16.5. The van der Waals surface area contributed by atoms with Gasteiger partial charge in [0.25, 0.3) is 0 Å². The smallest absolute Gasteiger partial charge is 0.408 e. The summed E-state index contributed by atoms with van der Waals surface area (Å²) in [5, 5.41) is 3.46. The van der Waals surface area contributed by atoms with Crippen LogP contribution < -0.4 is 11.1 Å². The second-order valence-electron chi connectivity index (χ2n) is 6.00. The Morgan fingerprint density at radius 1 is 1.23 bits per heavy atom. The van der Waals surface area contributed by atoms with Gasteiger partial charge in [-0.1, -0.05) is 30.3 Å². The third-order valence-corrected chi connectivity index (χ3v) is 4.51. The molecule has 0 saturated heterocycles. The molecule has 1 aliphatic carbocycles. The molecule has 0 unspecified atom stereocenters. The summed E-state index contributed by atoms with van der Waals surface area (Å²) < 4.78 is 6.74. The molecule has 4 heteroatoms. The Balaban J connectivity index is 1.44. The molecule has 112 valence electrons. The van der Waals surface area contributed by atoms with Crippen LogP contribution in [0.3, 0.4) is 0 Å². The highest BCUT2D eigenvalue weighted by Gasteiger charge is 2.37. The second kappa shape index (κ2) is 5.05. The number of aryl methyl sites for hydroxylation is 1. The van der Waals surface area contributed by atoms with Crippen molar-refractivity contribution >= 4 is 16.8 Å². The van der Waals surface area contributed by atoms with E-state index in [1.807, 2.05) is 18.2 Å². The Bertz CT molecular complexity index is 864. The van der Waals surface area contributed by atoms with Crippen molar-refractivity contribution in [1.29, 1.82) is 0 Å². The first-order valence-corrected chi connectivity index (χ1v) is 7.61. The maximum atomic E-state index is 11.5. The van der Waals surface area contributed by atoms with Crippen LogP contribution in [0.15, 0.2) is 57.7 Å². The van der Waals surface area contributed by atoms with Crippen LogP contribution in [0.5, 0.6) is 0 Å². The maximum Gasteiger partial charge on any atom is 0.419 e. The Morgan fingerprint density at radius 2 is 2.05 bits per heavy atom. The second-order valence-corrected chi connectivity index (χ2v) is 6.00. The van der Waals surface area contributed by atoms with Gasteiger partial charge in [0, 0.05) is 25.3 Å². The summed E-state index contributed by atoms with van der Waals surface area (Å²) in [6.45, 7) is 0.947. The van der Waals surface area contributed by atoms with Crippen LogP contribution in [0.1, 0.15) is 17.9 Å². The van der Waals surface area contributed by atoms with Gasteiger partial charge in [0.2, 0.25) is 0 Å². The fourth-order valence-corrected chi connectivity index (χ4v) is 3.07. The van der Waals surface area contributed by atoms with Gasteiger partial charge in [-0.25, -0.2) is 4.79 Å². The van der Waals surface area contributed by atoms with Crippen LogP contribution in [0.4, 0.5) is 5.69 Å². The molecule has 0 spiro atoms. The fraction of sp³-hybridized carbons (Fsp3) is 0.278. The zero-order valence-electron chi connectivity index (χ0n) is 12.5. The van der Waals surface area contributed by atoms with Crippen molar-refractivity contribution in [3.05, 3.63) is 64.6 Å². The maximum absolute atomic E-state index is 11.5. The lowest BCUT2D eigenvalue weighted by Gasteiger charge is -2.06. The monoisotopic (exact) mass is 294 g/mol. The average Bonchev–Trinajstić information content (AvgIpc) is 3.27. The van der Waals surface area contributed by atoms with Crippen LogP contribution in [-0.2, 0) is 7.05 Å². The molecule has 2 atom stereocenters. The molecule has 0 bridgehead atoms. The highest BCUT2D eigenvalue weighted by Crippen LogP contribution is 2.47. The standard InChI is InChI=1S/C18H18N2O2/c1-20-16-8-7-14(10-17(16)22-18(20)21)19-11-13-9-15(13)12-5-3-2-4-6-12/h2-8,10,13,15,19H,9,11H2,1H3/t13-,15-/m0/s1. The van der Waals surface area contributed by atoms with Gasteiger partial charge >= 0.3 is 5.76 Å². The molecule has 1 N–H and O–H groups in total. The number of anilines is 1. The summed E-state index contributed by atoms with van der Waals surface area (Å²) in [5.41, 5.74) is 3.89. The molecule has 0 aliphatic heterocycles. The Labute approximate surface area is 128 Å². The summed E-state index contributed by atoms with van der Waals surface area (Å²) in [5.74, 6) is 1.03. The summed E-state index contributed by atoms with van der Waals surface area (Å²) in [7, 11) is 1.72. The van der Waals surface area contributed by atoms with Gasteiger partial charge in [0.15, 0.2) is 5.58 Å². The number of nitrogens with one attached hydrogen (secondary N) is 1. The van der Waals surface area contributed by atoms with E-state index < -0.39 is 0 Å². The Kier molecular flexibility index (Phi) is 3.03. The van der Waals surface area contributed by atoms with Crippen molar-refractivity contribution in [2.24, 2.45) is 13.0 Å². The van der Waals surface area contributed by atoms with E-state index in [0.29, 0.717) is 17.4 Å². The van der Waals surface area contributed by atoms with Crippen LogP contribution in [0.25, 0.3) is 11.1 Å². The Morgan fingerprint density at radius 3 is 2.86 bits per heavy atom. The molecule has 3 aromatic rings. The quantitative estimate of drug-likeness (QED) is 0.802. The third kappa shape index (κ3) is 2.30. The third-order valence-electron chi connectivity index (χ3n) is 4.51. The van der Waals surface area contributed by atoms with Gasteiger partial charge in [0.05, 0.1) is 5.52 Å². The molecule has 22 heavy (non-hydrogen) atoms. The minimum Gasteiger partial charge on any atom is -0.408 e. The summed E-state index contributed by atoms with van der Waals surface area (Å²) in [6.07, 6.45) is 1.24. The summed E-state index contributed by atoms with van der Waals surface area (Å²) in [4.78, 5) is 11.5. The van der Waals surface area contributed by atoms with Crippen LogP contribution in [0.2, 0.25) is 0 Å². The summed E-state index contributed by atoms with van der Waals surface area (Å²) >= 11 is 0. The molecule has 2 aromatic carbocycles. The molecule has 1 aliphatic rings. The topological polar surface area (TPSA) is 47.2 Å². The molecule has 0 amide bonds. The minimum atomic E-state index is -0.321. The number of fused-ring (bicyclic) bond motifs is 1. The van der Waals surface area contributed by atoms with Gasteiger partial charge < -0.3 is 9.73 Å². The van der Waals surface area contributed by atoms with Gasteiger partial charge in [0.1, 0.15) is 0 Å². The molecule has 0 radical (unpaired) electrons. The van der Waals surface area contributed by atoms with Crippen molar-refractivity contribution in [3.8, 4) is 0 Å². The van der Waals surface area contributed by atoms with Crippen molar-refractivity contribution in [1.82, 2.24) is 4.57 Å². The molecule has 1 fully saturated rings. The van der Waals surface area contributed by atoms with Crippen LogP contribution in [-0.4, -0.2) is 11.1 Å². The molecular weight excluding hydrogens is 276 g/mol. The normalized spacial score (nSPS) is 20.2. The zero-order valence-corrected chi connectivity index (χ0v) is 12.5. The average molecular weight is 294 g/mol. The SMILES string of the molecule is Cn1c(=O)oc2cc(NC[C@@H]3C[C@H]3c3ccccc3)ccc21. The highest BCUT2D eigenvalue weighted by molar-refractivity contribution is 5.77. The van der Waals surface area contributed by atoms with Gasteiger partial charge in [-0.15, -0.1) is 0 Å². The number of oxazole rings is 1. The van der Waals surface area contributed by atoms with E-state index in [2.05, 4.69) is 35.6 Å². The van der Waals surface area contributed by atoms with E-state index in [0.717, 1.165) is 17.7 Å². The Hall–Kier alpha value is -2.49. The van der Waals surface area contributed by atoms with E-state index in [4.69, 9.17) is 4.42 Å². The first-order chi connectivity index (χ1) is 10.7. The lowest BCUT2D eigenvalue weighted by Crippen LogP contribution is -2.08. The first kappa shape index (κ1) is 13.2. The van der Waals surface area contributed by atoms with E-state index in [-0.39, 0.29) is 5.76 Å². The molecule has 1 aromatic heterocycles. The van der Waals surface area contributed by atoms with E-state index in [9.17, 15) is 4.79 Å². The van der Waals surface area contributed by atoms with Crippen molar-refractivity contribution in [2.75, 3.05) is 11.9 Å². The fourth-order valence-electron chi connectivity index (χ4n) is 3.07. The lowest BCUT2D eigenvalue weighted by molar-refractivity contribution is 0.528. The van der Waals surface area contributed by atoms with E-state index >= 15 is 0 Å². The van der Waals surface area contributed by atoms with Crippen molar-refractivity contribution < 1.29 is 4.42 Å². The molecule has 1 saturated carbocycles. The number of hydrogen-bond acceptors (Lipinski definition) is 3. The number of rotatable bonds is 4. The molecule has 4 rings (SSSR count). The van der Waals surface area contributed by atoms with Crippen molar-refractivity contribution in [3.63, 3.8) is 0 Å². The number of benzene rings is 2. The van der Waals surface area contributed by atoms with E-state index in [1.54, 1.807) is 7.05 Å². The predicted octanol–water partition coefficient (Wildman–Crippen LogP) is 3.35. The van der Waals surface area contributed by atoms with Gasteiger partial charge in [-0.2, -0.15) is 0 Å². The van der Waals surface area contributed by atoms with Crippen LogP contribution in [0, 0.1) is 5.92 Å². The van der Waals surface area contributed by atoms with Crippen molar-refractivity contribution in [2.45, 2.75) is 12.3 Å². The number of nitrogens with zero attached hydrogens (tertiary/aromatic N) is 1. The lowest BCUT2D eigenvalue weighted by atomic mass is 10.1.